The maximum absolute atomic E-state index is 11.7. The lowest BCUT2D eigenvalue weighted by atomic mass is 9.96. The van der Waals surface area contributed by atoms with Crippen LogP contribution in [0.1, 0.15) is 37.7 Å². The summed E-state index contributed by atoms with van der Waals surface area (Å²) < 4.78 is 5.27. The first-order valence-electron chi connectivity index (χ1n) is 7.41. The van der Waals surface area contributed by atoms with Gasteiger partial charge in [0, 0.05) is 6.04 Å². The van der Waals surface area contributed by atoms with Crippen molar-refractivity contribution in [3.8, 4) is 11.8 Å². The highest BCUT2D eigenvalue weighted by molar-refractivity contribution is 5.95. The van der Waals surface area contributed by atoms with Crippen LogP contribution in [-0.2, 0) is 4.79 Å². The van der Waals surface area contributed by atoms with Gasteiger partial charge in [-0.1, -0.05) is 31.4 Å². The molecule has 22 heavy (non-hydrogen) atoms. The first kappa shape index (κ1) is 15.8. The molecule has 0 aliphatic heterocycles. The lowest BCUT2D eigenvalue weighted by Gasteiger charge is -2.22. The number of ether oxygens (including phenoxy) is 1. The lowest BCUT2D eigenvalue weighted by molar-refractivity contribution is -0.122. The highest BCUT2D eigenvalue weighted by atomic mass is 16.5. The monoisotopic (exact) mass is 301 g/mol. The summed E-state index contributed by atoms with van der Waals surface area (Å²) in [6.07, 6.45) is 5.31. The number of nitriles is 1. The SMILES string of the molecule is N#Cc1ccccc1OCC(=O)NC(=O)NC1CCCCC1. The number of hydrogen-bond donors (Lipinski definition) is 2. The number of imide groups is 1. The molecule has 1 aliphatic carbocycles. The minimum absolute atomic E-state index is 0.141. The Morgan fingerprint density at radius 3 is 2.68 bits per heavy atom. The highest BCUT2D eigenvalue weighted by Gasteiger charge is 2.17. The van der Waals surface area contributed by atoms with Crippen molar-refractivity contribution in [2.24, 2.45) is 0 Å². The minimum atomic E-state index is -0.541. The molecule has 0 atom stereocenters. The molecule has 116 valence electrons. The van der Waals surface area contributed by atoms with E-state index in [1.165, 1.54) is 6.42 Å². The van der Waals surface area contributed by atoms with Gasteiger partial charge in [0.05, 0.1) is 5.56 Å². The molecule has 0 saturated heterocycles. The summed E-state index contributed by atoms with van der Waals surface area (Å²) in [4.78, 5) is 23.4. The second kappa shape index (κ2) is 8.03. The number of amides is 3. The zero-order valence-corrected chi connectivity index (χ0v) is 12.3. The number of nitrogens with zero attached hydrogens (tertiary/aromatic N) is 1. The number of benzene rings is 1. The predicted molar refractivity (Wildman–Crippen MR) is 80.2 cm³/mol. The zero-order chi connectivity index (χ0) is 15.8. The molecule has 1 aromatic carbocycles. The second-order valence-electron chi connectivity index (χ2n) is 5.25. The van der Waals surface area contributed by atoms with Gasteiger partial charge in [-0.2, -0.15) is 5.26 Å². The number of para-hydroxylation sites is 1. The average Bonchev–Trinajstić information content (AvgIpc) is 2.54. The van der Waals surface area contributed by atoms with E-state index in [0.29, 0.717) is 11.3 Å². The largest absolute Gasteiger partial charge is 0.482 e. The summed E-state index contributed by atoms with van der Waals surface area (Å²) in [5.41, 5.74) is 0.349. The number of nitrogens with one attached hydrogen (secondary N) is 2. The van der Waals surface area contributed by atoms with E-state index < -0.39 is 11.9 Å². The Labute approximate surface area is 129 Å². The van der Waals surface area contributed by atoms with Crippen LogP contribution in [0.15, 0.2) is 24.3 Å². The maximum Gasteiger partial charge on any atom is 0.321 e. The number of hydrogen-bond acceptors (Lipinski definition) is 4. The molecular weight excluding hydrogens is 282 g/mol. The van der Waals surface area contributed by atoms with E-state index in [-0.39, 0.29) is 12.6 Å². The summed E-state index contributed by atoms with van der Waals surface area (Å²) in [7, 11) is 0. The molecule has 0 radical (unpaired) electrons. The van der Waals surface area contributed by atoms with Gasteiger partial charge >= 0.3 is 6.03 Å². The van der Waals surface area contributed by atoms with Crippen LogP contribution in [-0.4, -0.2) is 24.6 Å². The summed E-state index contributed by atoms with van der Waals surface area (Å²) in [6.45, 7) is -0.309. The fourth-order valence-electron chi connectivity index (χ4n) is 2.46. The fourth-order valence-corrected chi connectivity index (χ4v) is 2.46. The molecule has 6 heteroatoms. The van der Waals surface area contributed by atoms with Crippen molar-refractivity contribution in [2.75, 3.05) is 6.61 Å². The third kappa shape index (κ3) is 4.77. The van der Waals surface area contributed by atoms with E-state index in [1.807, 2.05) is 6.07 Å². The third-order valence-corrected chi connectivity index (χ3v) is 3.56. The molecule has 0 heterocycles. The summed E-state index contributed by atoms with van der Waals surface area (Å²) in [5.74, 6) is -0.214. The van der Waals surface area contributed by atoms with E-state index in [4.69, 9.17) is 10.00 Å². The van der Waals surface area contributed by atoms with Gasteiger partial charge in [0.2, 0.25) is 0 Å². The standard InChI is InChI=1S/C16H19N3O3/c17-10-12-6-4-5-9-14(12)22-11-15(20)19-16(21)18-13-7-2-1-3-8-13/h4-6,9,13H,1-3,7-8,11H2,(H2,18,19,20,21). The van der Waals surface area contributed by atoms with Crippen LogP contribution in [0.5, 0.6) is 5.75 Å². The van der Waals surface area contributed by atoms with Crippen LogP contribution >= 0.6 is 0 Å². The Morgan fingerprint density at radius 2 is 1.95 bits per heavy atom. The molecule has 2 rings (SSSR count). The maximum atomic E-state index is 11.7. The van der Waals surface area contributed by atoms with Crippen LogP contribution < -0.4 is 15.4 Å². The van der Waals surface area contributed by atoms with E-state index in [9.17, 15) is 9.59 Å². The molecule has 0 spiro atoms. The van der Waals surface area contributed by atoms with E-state index in [1.54, 1.807) is 24.3 Å². The van der Waals surface area contributed by atoms with Gasteiger partial charge in [-0.25, -0.2) is 4.79 Å². The topological polar surface area (TPSA) is 91.2 Å². The first-order valence-corrected chi connectivity index (χ1v) is 7.41. The quantitative estimate of drug-likeness (QED) is 0.891. The molecule has 3 amide bonds. The molecule has 0 bridgehead atoms. The van der Waals surface area contributed by atoms with Gasteiger partial charge in [0.1, 0.15) is 11.8 Å². The van der Waals surface area contributed by atoms with Gasteiger partial charge < -0.3 is 10.1 Å². The first-order chi connectivity index (χ1) is 10.7. The van der Waals surface area contributed by atoms with Gasteiger partial charge in [0.25, 0.3) is 5.91 Å². The Bertz CT molecular complexity index is 574. The van der Waals surface area contributed by atoms with Crippen molar-refractivity contribution in [1.82, 2.24) is 10.6 Å². The van der Waals surface area contributed by atoms with Crippen LogP contribution in [0.25, 0.3) is 0 Å². The lowest BCUT2D eigenvalue weighted by Crippen LogP contribution is -2.46. The molecule has 1 aromatic rings. The molecule has 1 saturated carbocycles. The van der Waals surface area contributed by atoms with Crippen LogP contribution in [0, 0.1) is 11.3 Å². The van der Waals surface area contributed by atoms with Crippen LogP contribution in [0.2, 0.25) is 0 Å². The third-order valence-electron chi connectivity index (χ3n) is 3.56. The normalized spacial score (nSPS) is 14.7. The van der Waals surface area contributed by atoms with Crippen molar-refractivity contribution in [3.63, 3.8) is 0 Å². The molecular formula is C16H19N3O3. The summed E-state index contributed by atoms with van der Waals surface area (Å²) in [6, 6.07) is 8.26. The predicted octanol–water partition coefficient (Wildman–Crippen LogP) is 2.10. The fraction of sp³-hybridized carbons (Fsp3) is 0.438. The Morgan fingerprint density at radius 1 is 1.23 bits per heavy atom. The number of urea groups is 1. The Kier molecular flexibility index (Phi) is 5.78. The van der Waals surface area contributed by atoms with Crippen molar-refractivity contribution < 1.29 is 14.3 Å². The Hall–Kier alpha value is -2.55. The van der Waals surface area contributed by atoms with Crippen molar-refractivity contribution in [3.05, 3.63) is 29.8 Å². The number of carbonyl (C=O) groups excluding carboxylic acids is 2. The smallest absolute Gasteiger partial charge is 0.321 e. The van der Waals surface area contributed by atoms with Crippen molar-refractivity contribution >= 4 is 11.9 Å². The molecule has 6 nitrogen and oxygen atoms in total. The van der Waals surface area contributed by atoms with Crippen LogP contribution in [0.3, 0.4) is 0 Å². The highest BCUT2D eigenvalue weighted by Crippen LogP contribution is 2.17. The average molecular weight is 301 g/mol. The van der Waals surface area contributed by atoms with Crippen LogP contribution in [0.4, 0.5) is 4.79 Å². The van der Waals surface area contributed by atoms with Crippen molar-refractivity contribution in [2.45, 2.75) is 38.1 Å². The van der Waals surface area contributed by atoms with Gasteiger partial charge in [-0.05, 0) is 25.0 Å². The molecule has 0 unspecified atom stereocenters. The van der Waals surface area contributed by atoms with E-state index >= 15 is 0 Å². The van der Waals surface area contributed by atoms with Crippen molar-refractivity contribution in [1.29, 1.82) is 5.26 Å². The van der Waals surface area contributed by atoms with Gasteiger partial charge in [0.15, 0.2) is 6.61 Å². The number of rotatable bonds is 4. The van der Waals surface area contributed by atoms with E-state index in [0.717, 1.165) is 25.7 Å². The molecule has 2 N–H and O–H groups in total. The second-order valence-corrected chi connectivity index (χ2v) is 5.25. The summed E-state index contributed by atoms with van der Waals surface area (Å²) in [5, 5.41) is 13.9. The minimum Gasteiger partial charge on any atom is -0.482 e. The zero-order valence-electron chi connectivity index (χ0n) is 12.3. The molecule has 1 fully saturated rings. The molecule has 0 aromatic heterocycles. The van der Waals surface area contributed by atoms with E-state index in [2.05, 4.69) is 10.6 Å². The van der Waals surface area contributed by atoms with Gasteiger partial charge in [-0.15, -0.1) is 0 Å². The van der Waals surface area contributed by atoms with Gasteiger partial charge in [-0.3, -0.25) is 10.1 Å². The number of carbonyl (C=O) groups is 2. The molecule has 1 aliphatic rings. The Balaban J connectivity index is 1.75. The summed E-state index contributed by atoms with van der Waals surface area (Å²) >= 11 is 0.